The molecule has 1 N–H and O–H groups in total. The van der Waals surface area contributed by atoms with Gasteiger partial charge in [-0.3, -0.25) is 5.41 Å². The van der Waals surface area contributed by atoms with Gasteiger partial charge in [-0.15, -0.1) is 0 Å². The lowest BCUT2D eigenvalue weighted by Gasteiger charge is -2.19. The SMILES string of the molecule is Cc1ccnc(=N)cc1C(C)(C)C. The third kappa shape index (κ3) is 2.38. The molecule has 1 rings (SSSR count). The summed E-state index contributed by atoms with van der Waals surface area (Å²) < 4.78 is 0. The molecule has 0 spiro atoms. The number of aromatic nitrogens is 1. The van der Waals surface area contributed by atoms with Crippen LogP contribution in [0.25, 0.3) is 0 Å². The minimum absolute atomic E-state index is 0.0839. The fourth-order valence-electron chi connectivity index (χ4n) is 1.41. The summed E-state index contributed by atoms with van der Waals surface area (Å²) in [7, 11) is 0. The van der Waals surface area contributed by atoms with E-state index in [1.54, 1.807) is 6.20 Å². The molecule has 2 nitrogen and oxygen atoms in total. The number of aryl methyl sites for hydroxylation is 1. The van der Waals surface area contributed by atoms with Crippen molar-refractivity contribution >= 4 is 0 Å². The van der Waals surface area contributed by atoms with Gasteiger partial charge in [0.2, 0.25) is 0 Å². The van der Waals surface area contributed by atoms with E-state index in [0.717, 1.165) is 0 Å². The van der Waals surface area contributed by atoms with Gasteiger partial charge in [0, 0.05) is 6.20 Å². The Hall–Kier alpha value is -1.18. The van der Waals surface area contributed by atoms with Crippen LogP contribution in [0, 0.1) is 12.3 Å². The molecular weight excluding hydrogens is 160 g/mol. The third-order valence-corrected chi connectivity index (χ3v) is 2.05. The summed E-state index contributed by atoms with van der Waals surface area (Å²) >= 11 is 0. The van der Waals surface area contributed by atoms with Crippen molar-refractivity contribution in [3.63, 3.8) is 0 Å². The predicted molar refractivity (Wildman–Crippen MR) is 53.5 cm³/mol. The van der Waals surface area contributed by atoms with Crippen molar-refractivity contribution in [1.29, 1.82) is 5.41 Å². The van der Waals surface area contributed by atoms with Gasteiger partial charge in [-0.25, -0.2) is 4.98 Å². The number of rotatable bonds is 0. The molecule has 70 valence electrons. The number of nitrogens with zero attached hydrogens (tertiary/aromatic N) is 1. The first-order valence-corrected chi connectivity index (χ1v) is 4.43. The molecule has 0 aliphatic heterocycles. The molecule has 2 heteroatoms. The van der Waals surface area contributed by atoms with Crippen LogP contribution in [0.1, 0.15) is 31.9 Å². The van der Waals surface area contributed by atoms with Gasteiger partial charge in [0.15, 0.2) is 0 Å². The van der Waals surface area contributed by atoms with Gasteiger partial charge < -0.3 is 0 Å². The molecule has 0 saturated carbocycles. The molecule has 0 radical (unpaired) electrons. The molecule has 0 bridgehead atoms. The maximum atomic E-state index is 7.52. The van der Waals surface area contributed by atoms with Gasteiger partial charge in [-0.2, -0.15) is 0 Å². The molecule has 13 heavy (non-hydrogen) atoms. The van der Waals surface area contributed by atoms with E-state index in [1.807, 2.05) is 12.1 Å². The quantitative estimate of drug-likeness (QED) is 0.646. The smallest absolute Gasteiger partial charge is 0.144 e. The maximum Gasteiger partial charge on any atom is 0.144 e. The summed E-state index contributed by atoms with van der Waals surface area (Å²) in [4.78, 5) is 3.94. The Balaban J connectivity index is 3.47. The van der Waals surface area contributed by atoms with E-state index in [2.05, 4.69) is 32.7 Å². The lowest BCUT2D eigenvalue weighted by molar-refractivity contribution is 0.586. The van der Waals surface area contributed by atoms with Gasteiger partial charge in [0.1, 0.15) is 5.49 Å². The fourth-order valence-corrected chi connectivity index (χ4v) is 1.41. The van der Waals surface area contributed by atoms with E-state index in [4.69, 9.17) is 5.41 Å². The van der Waals surface area contributed by atoms with Crippen molar-refractivity contribution in [3.05, 3.63) is 34.9 Å². The zero-order valence-electron chi connectivity index (χ0n) is 8.68. The van der Waals surface area contributed by atoms with Crippen LogP contribution in [0.5, 0.6) is 0 Å². The van der Waals surface area contributed by atoms with Crippen molar-refractivity contribution in [3.8, 4) is 0 Å². The van der Waals surface area contributed by atoms with E-state index in [-0.39, 0.29) is 5.41 Å². The summed E-state index contributed by atoms with van der Waals surface area (Å²) in [5.74, 6) is 0. The predicted octanol–water partition coefficient (Wildman–Crippen LogP) is 2.17. The molecule has 0 aliphatic carbocycles. The number of hydrogen-bond donors (Lipinski definition) is 1. The van der Waals surface area contributed by atoms with E-state index < -0.39 is 0 Å². The first kappa shape index (κ1) is 9.90. The topological polar surface area (TPSA) is 36.7 Å². The number of nitrogens with one attached hydrogen (secondary N) is 1. The van der Waals surface area contributed by atoms with Crippen LogP contribution in [-0.4, -0.2) is 4.98 Å². The Morgan fingerprint density at radius 3 is 2.46 bits per heavy atom. The van der Waals surface area contributed by atoms with Crippen LogP contribution in [0.3, 0.4) is 0 Å². The van der Waals surface area contributed by atoms with Crippen LogP contribution in [0.15, 0.2) is 18.3 Å². The van der Waals surface area contributed by atoms with E-state index >= 15 is 0 Å². The average molecular weight is 176 g/mol. The maximum absolute atomic E-state index is 7.52. The highest BCUT2D eigenvalue weighted by atomic mass is 14.7. The molecular formula is C11H16N2. The Morgan fingerprint density at radius 2 is 1.92 bits per heavy atom. The lowest BCUT2D eigenvalue weighted by Crippen LogP contribution is -2.14. The van der Waals surface area contributed by atoms with Gasteiger partial charge >= 0.3 is 0 Å². The second kappa shape index (κ2) is 3.29. The molecule has 0 aliphatic rings. The van der Waals surface area contributed by atoms with Crippen molar-refractivity contribution < 1.29 is 0 Å². The number of hydrogen-bond acceptors (Lipinski definition) is 2. The molecule has 0 fully saturated rings. The molecule has 1 heterocycles. The van der Waals surface area contributed by atoms with Gasteiger partial charge in [0.05, 0.1) is 0 Å². The fraction of sp³-hybridized carbons (Fsp3) is 0.455. The van der Waals surface area contributed by atoms with Crippen LogP contribution >= 0.6 is 0 Å². The minimum Gasteiger partial charge on any atom is -0.283 e. The third-order valence-electron chi connectivity index (χ3n) is 2.05. The normalized spacial score (nSPS) is 11.4. The Kier molecular flexibility index (Phi) is 2.50. The first-order chi connectivity index (χ1) is 5.91. The highest BCUT2D eigenvalue weighted by molar-refractivity contribution is 5.28. The van der Waals surface area contributed by atoms with E-state index in [9.17, 15) is 0 Å². The highest BCUT2D eigenvalue weighted by Crippen LogP contribution is 2.22. The van der Waals surface area contributed by atoms with Crippen LogP contribution in [0.4, 0.5) is 0 Å². The molecule has 0 saturated heterocycles. The zero-order chi connectivity index (χ0) is 10.1. The average Bonchev–Trinajstić information content (AvgIpc) is 2.11. The van der Waals surface area contributed by atoms with Crippen molar-refractivity contribution in [2.75, 3.05) is 0 Å². The van der Waals surface area contributed by atoms with Crippen molar-refractivity contribution in [1.82, 2.24) is 4.98 Å². The second-order valence-electron chi connectivity index (χ2n) is 4.32. The van der Waals surface area contributed by atoms with Gasteiger partial charge in [-0.1, -0.05) is 20.8 Å². The van der Waals surface area contributed by atoms with Gasteiger partial charge in [-0.05, 0) is 35.6 Å². The molecule has 0 amide bonds. The first-order valence-electron chi connectivity index (χ1n) is 4.43. The largest absolute Gasteiger partial charge is 0.283 e. The molecule has 0 unspecified atom stereocenters. The summed E-state index contributed by atoms with van der Waals surface area (Å²) in [5.41, 5.74) is 2.80. The van der Waals surface area contributed by atoms with Crippen molar-refractivity contribution in [2.45, 2.75) is 33.1 Å². The minimum atomic E-state index is 0.0839. The Morgan fingerprint density at radius 1 is 1.31 bits per heavy atom. The van der Waals surface area contributed by atoms with Gasteiger partial charge in [0.25, 0.3) is 0 Å². The molecule has 0 atom stereocenters. The molecule has 1 aromatic rings. The summed E-state index contributed by atoms with van der Waals surface area (Å²) in [6.07, 6.45) is 1.69. The zero-order valence-corrected chi connectivity index (χ0v) is 8.68. The van der Waals surface area contributed by atoms with Crippen LogP contribution < -0.4 is 5.49 Å². The standard InChI is InChI=1S/C11H16N2/c1-8-5-6-13-10(12)7-9(8)11(2,3)4/h5-7,12H,1-4H3. The lowest BCUT2D eigenvalue weighted by atomic mass is 9.85. The monoisotopic (exact) mass is 176 g/mol. The van der Waals surface area contributed by atoms with Crippen molar-refractivity contribution in [2.24, 2.45) is 0 Å². The van der Waals surface area contributed by atoms with E-state index in [0.29, 0.717) is 5.49 Å². The molecule has 0 aromatic carbocycles. The Labute approximate surface area is 79.2 Å². The van der Waals surface area contributed by atoms with Crippen LogP contribution in [0.2, 0.25) is 0 Å². The highest BCUT2D eigenvalue weighted by Gasteiger charge is 2.15. The summed E-state index contributed by atoms with van der Waals surface area (Å²) in [6, 6.07) is 3.80. The van der Waals surface area contributed by atoms with E-state index in [1.165, 1.54) is 11.1 Å². The summed E-state index contributed by atoms with van der Waals surface area (Å²) in [5, 5.41) is 7.52. The van der Waals surface area contributed by atoms with Crippen LogP contribution in [-0.2, 0) is 5.41 Å². The Bertz CT molecular complexity index is 361. The second-order valence-corrected chi connectivity index (χ2v) is 4.32. The summed E-state index contributed by atoms with van der Waals surface area (Å²) in [6.45, 7) is 8.50. The molecule has 1 aromatic heterocycles.